The number of amides is 2. The maximum absolute atomic E-state index is 14.1. The molecular weight excluding hydrogens is 661 g/mol. The highest BCUT2D eigenvalue weighted by atomic mass is 19.4. The molecule has 0 spiro atoms. The van der Waals surface area contributed by atoms with Gasteiger partial charge in [-0.2, -0.15) is 26.3 Å². The lowest BCUT2D eigenvalue weighted by molar-refractivity contribution is -0.143. The van der Waals surface area contributed by atoms with E-state index >= 15 is 0 Å². The lowest BCUT2D eigenvalue weighted by Gasteiger charge is -2.31. The van der Waals surface area contributed by atoms with Gasteiger partial charge in [-0.05, 0) is 90.1 Å². The zero-order chi connectivity index (χ0) is 35.2. The Morgan fingerprint density at radius 2 is 1.71 bits per heavy atom. The largest absolute Gasteiger partial charge is 0.505 e. The van der Waals surface area contributed by atoms with Gasteiger partial charge in [0.25, 0.3) is 0 Å². The molecule has 7 nitrogen and oxygen atoms in total. The van der Waals surface area contributed by atoms with Crippen molar-refractivity contribution in [3.63, 3.8) is 0 Å². The SMILES string of the molecule is COCC1=C2[C@@H](CC/C(=C/c3ccc(O)c(F)c3)c3ccccn3)OC[C@@H]2[C@@H]2C(=O)N(c3cc(C(F)(F)F)cc(C(F)(F)F)c3)C(=O)[C@@H]2C1. The minimum atomic E-state index is -5.17. The molecule has 2 aliphatic heterocycles. The lowest BCUT2D eigenvalue weighted by atomic mass is 9.69. The second-order valence-electron chi connectivity index (χ2n) is 12.2. The van der Waals surface area contributed by atoms with Gasteiger partial charge < -0.3 is 14.6 Å². The van der Waals surface area contributed by atoms with Crippen molar-refractivity contribution in [2.45, 2.75) is 37.7 Å². The highest BCUT2D eigenvalue weighted by Gasteiger charge is 2.57. The summed E-state index contributed by atoms with van der Waals surface area (Å²) in [6, 6.07) is 9.95. The first-order valence-electron chi connectivity index (χ1n) is 15.3. The number of methoxy groups -OCH3 is 1. The van der Waals surface area contributed by atoms with E-state index in [4.69, 9.17) is 9.47 Å². The van der Waals surface area contributed by atoms with Crippen molar-refractivity contribution >= 4 is 29.2 Å². The molecule has 3 aromatic rings. The molecule has 2 fully saturated rings. The fraction of sp³-hybridized carbons (Fsp3) is 0.343. The molecule has 0 unspecified atom stereocenters. The number of benzene rings is 2. The van der Waals surface area contributed by atoms with E-state index in [1.807, 2.05) is 0 Å². The Hall–Kier alpha value is -4.56. The molecule has 2 saturated heterocycles. The smallest absolute Gasteiger partial charge is 0.416 e. The first-order chi connectivity index (χ1) is 23.2. The van der Waals surface area contributed by atoms with Gasteiger partial charge in [-0.1, -0.05) is 12.1 Å². The summed E-state index contributed by atoms with van der Waals surface area (Å²) in [5.41, 5.74) is -0.904. The predicted octanol–water partition coefficient (Wildman–Crippen LogP) is 7.45. The molecule has 2 aromatic carbocycles. The second-order valence-corrected chi connectivity index (χ2v) is 12.2. The molecule has 1 aromatic heterocycles. The number of carbonyl (C=O) groups excluding carboxylic acids is 2. The summed E-state index contributed by atoms with van der Waals surface area (Å²) in [7, 11) is 1.44. The minimum Gasteiger partial charge on any atom is -0.505 e. The molecule has 4 atom stereocenters. The van der Waals surface area contributed by atoms with Crippen molar-refractivity contribution in [1.82, 2.24) is 4.98 Å². The molecule has 0 saturated carbocycles. The average Bonchev–Trinajstić information content (AvgIpc) is 3.58. The van der Waals surface area contributed by atoms with Crippen LogP contribution in [0.1, 0.15) is 41.6 Å². The molecule has 0 radical (unpaired) electrons. The van der Waals surface area contributed by atoms with Crippen LogP contribution in [0.15, 0.2) is 71.9 Å². The molecule has 2 amide bonds. The van der Waals surface area contributed by atoms with Gasteiger partial charge in [-0.3, -0.25) is 14.6 Å². The molecule has 258 valence electrons. The van der Waals surface area contributed by atoms with Gasteiger partial charge in [0.2, 0.25) is 11.8 Å². The average molecular weight is 691 g/mol. The van der Waals surface area contributed by atoms with Crippen molar-refractivity contribution in [2.75, 3.05) is 25.2 Å². The number of alkyl halides is 6. The van der Waals surface area contributed by atoms with Crippen LogP contribution in [0.25, 0.3) is 11.6 Å². The van der Waals surface area contributed by atoms with Crippen molar-refractivity contribution in [2.24, 2.45) is 17.8 Å². The number of imide groups is 1. The monoisotopic (exact) mass is 690 g/mol. The maximum atomic E-state index is 14.1. The topological polar surface area (TPSA) is 89.0 Å². The standard InChI is InChI=1S/C35H29F7N2O5/c1-48-16-20-12-24-31(33(47)44(32(24)46)23-14-21(34(37,38)39)13-22(15-23)35(40,41)42)25-17-49-29(30(20)25)8-6-19(27-4-2-3-9-43-27)10-18-5-7-28(45)26(36)11-18/h2-5,7,9-11,13-15,24-25,29,31,45H,6,8,12,16-17H2,1H3/b19-10-/t24-,25+,29-,31-/m1/s1. The van der Waals surface area contributed by atoms with E-state index in [1.54, 1.807) is 36.5 Å². The van der Waals surface area contributed by atoms with E-state index in [-0.39, 0.29) is 25.7 Å². The van der Waals surface area contributed by atoms with Crippen molar-refractivity contribution in [3.8, 4) is 5.75 Å². The van der Waals surface area contributed by atoms with Crippen LogP contribution in [-0.4, -0.2) is 48.3 Å². The number of ether oxygens (including phenoxy) is 2. The number of aromatic hydroxyl groups is 1. The van der Waals surface area contributed by atoms with Crippen molar-refractivity contribution in [3.05, 3.63) is 100 Å². The molecular formula is C35H29F7N2O5. The van der Waals surface area contributed by atoms with E-state index in [0.717, 1.165) is 0 Å². The first kappa shape index (κ1) is 34.3. The van der Waals surface area contributed by atoms with E-state index in [1.165, 1.54) is 19.2 Å². The summed E-state index contributed by atoms with van der Waals surface area (Å²) in [6.45, 7) is 0.0529. The normalized spacial score (nSPS) is 22.9. The summed E-state index contributed by atoms with van der Waals surface area (Å²) in [5, 5.41) is 9.61. The maximum Gasteiger partial charge on any atom is 0.416 e. The number of anilines is 1. The van der Waals surface area contributed by atoms with Crippen molar-refractivity contribution < 1.29 is 54.9 Å². The Balaban J connectivity index is 1.31. The van der Waals surface area contributed by atoms with Gasteiger partial charge >= 0.3 is 12.4 Å². The summed E-state index contributed by atoms with van der Waals surface area (Å²) in [6.07, 6.45) is -6.86. The molecule has 3 aliphatic rings. The van der Waals surface area contributed by atoms with E-state index < -0.39 is 76.4 Å². The zero-order valence-electron chi connectivity index (χ0n) is 25.8. The van der Waals surface area contributed by atoms with Crippen LogP contribution >= 0.6 is 0 Å². The third-order valence-electron chi connectivity index (χ3n) is 9.14. The van der Waals surface area contributed by atoms with Crippen LogP contribution < -0.4 is 4.90 Å². The van der Waals surface area contributed by atoms with Crippen LogP contribution in [-0.2, 0) is 31.4 Å². The number of phenols is 1. The number of nitrogens with zero attached hydrogens (tertiary/aromatic N) is 2. The van der Waals surface area contributed by atoms with Crippen LogP contribution in [0.2, 0.25) is 0 Å². The number of hydrogen-bond donors (Lipinski definition) is 1. The Morgan fingerprint density at radius 3 is 2.33 bits per heavy atom. The number of pyridine rings is 1. The van der Waals surface area contributed by atoms with E-state index in [2.05, 4.69) is 4.98 Å². The Morgan fingerprint density at radius 1 is 1.00 bits per heavy atom. The van der Waals surface area contributed by atoms with Gasteiger partial charge in [0.15, 0.2) is 11.6 Å². The number of carbonyl (C=O) groups is 2. The Bertz CT molecular complexity index is 1810. The third kappa shape index (κ3) is 6.71. The molecule has 3 heterocycles. The molecule has 1 N–H and O–H groups in total. The lowest BCUT2D eigenvalue weighted by Crippen LogP contribution is -2.35. The van der Waals surface area contributed by atoms with Crippen LogP contribution in [0.5, 0.6) is 5.75 Å². The van der Waals surface area contributed by atoms with Gasteiger partial charge in [-0.25, -0.2) is 9.29 Å². The number of fused-ring (bicyclic) bond motifs is 3. The number of hydrogen-bond acceptors (Lipinski definition) is 6. The molecule has 14 heteroatoms. The van der Waals surface area contributed by atoms with Gasteiger partial charge in [0.1, 0.15) is 0 Å². The summed E-state index contributed by atoms with van der Waals surface area (Å²) >= 11 is 0. The van der Waals surface area contributed by atoms with E-state index in [0.29, 0.717) is 57.9 Å². The second kappa shape index (κ2) is 13.0. The Labute approximate surface area is 275 Å². The third-order valence-corrected chi connectivity index (χ3v) is 9.14. The fourth-order valence-electron chi connectivity index (χ4n) is 7.03. The summed E-state index contributed by atoms with van der Waals surface area (Å²) < 4.78 is 108. The predicted molar refractivity (Wildman–Crippen MR) is 162 cm³/mol. The highest BCUT2D eigenvalue weighted by molar-refractivity contribution is 6.22. The molecule has 6 rings (SSSR count). The van der Waals surface area contributed by atoms with Gasteiger partial charge in [0.05, 0.1) is 53.7 Å². The van der Waals surface area contributed by atoms with Crippen molar-refractivity contribution in [1.29, 1.82) is 0 Å². The zero-order valence-corrected chi connectivity index (χ0v) is 25.8. The van der Waals surface area contributed by atoms with E-state index in [9.17, 15) is 45.4 Å². The molecule has 1 aliphatic carbocycles. The van der Waals surface area contributed by atoms with Gasteiger partial charge in [0, 0.05) is 19.2 Å². The number of aromatic nitrogens is 1. The Kier molecular flexibility index (Phi) is 9.14. The number of rotatable bonds is 8. The van der Waals surface area contributed by atoms with Crippen LogP contribution in [0.4, 0.5) is 36.4 Å². The first-order valence-corrected chi connectivity index (χ1v) is 15.3. The minimum absolute atomic E-state index is 0.00604. The number of allylic oxidation sites excluding steroid dienone is 1. The van der Waals surface area contributed by atoms with Crippen LogP contribution in [0, 0.1) is 23.6 Å². The summed E-state index contributed by atoms with van der Waals surface area (Å²) in [4.78, 5) is 32.4. The molecule has 0 bridgehead atoms. The quantitative estimate of drug-likeness (QED) is 0.150. The van der Waals surface area contributed by atoms with Gasteiger partial charge in [-0.15, -0.1) is 0 Å². The van der Waals surface area contributed by atoms with Crippen LogP contribution in [0.3, 0.4) is 0 Å². The highest BCUT2D eigenvalue weighted by Crippen LogP contribution is 2.51. The summed E-state index contributed by atoms with van der Waals surface area (Å²) in [5.74, 6) is -5.85. The number of phenolic OH excluding ortho intramolecular Hbond substituents is 1. The fourth-order valence-corrected chi connectivity index (χ4v) is 7.03. The number of halogens is 7. The molecule has 49 heavy (non-hydrogen) atoms.